The lowest BCUT2D eigenvalue weighted by Crippen LogP contribution is -2.05. The SMILES string of the molecule is Cc1cc(Cl)c(Cc2noc(C(F)(F)F)n2)c(Cl)c1. The van der Waals surface area contributed by atoms with Gasteiger partial charge in [0, 0.05) is 16.5 Å². The molecule has 0 saturated heterocycles. The third kappa shape index (κ3) is 3.19. The van der Waals surface area contributed by atoms with Crippen molar-refractivity contribution < 1.29 is 17.7 Å². The maximum absolute atomic E-state index is 12.3. The molecule has 0 aliphatic rings. The molecule has 0 amide bonds. The lowest BCUT2D eigenvalue weighted by Gasteiger charge is -2.05. The Kier molecular flexibility index (Phi) is 3.73. The van der Waals surface area contributed by atoms with Gasteiger partial charge in [-0.25, -0.2) is 0 Å². The van der Waals surface area contributed by atoms with Gasteiger partial charge in [-0.1, -0.05) is 28.4 Å². The fraction of sp³-hybridized carbons (Fsp3) is 0.273. The van der Waals surface area contributed by atoms with Crippen LogP contribution >= 0.6 is 23.2 Å². The van der Waals surface area contributed by atoms with Gasteiger partial charge in [0.15, 0.2) is 5.82 Å². The van der Waals surface area contributed by atoms with Crippen LogP contribution in [-0.4, -0.2) is 10.1 Å². The Morgan fingerprint density at radius 2 is 1.79 bits per heavy atom. The number of nitrogens with zero attached hydrogens (tertiary/aromatic N) is 2. The van der Waals surface area contributed by atoms with Crippen molar-refractivity contribution in [3.8, 4) is 0 Å². The molecule has 1 aromatic carbocycles. The zero-order valence-electron chi connectivity index (χ0n) is 9.55. The van der Waals surface area contributed by atoms with Gasteiger partial charge in [0.1, 0.15) is 0 Å². The lowest BCUT2D eigenvalue weighted by molar-refractivity contribution is -0.159. The van der Waals surface area contributed by atoms with Crippen molar-refractivity contribution in [1.82, 2.24) is 10.1 Å². The summed E-state index contributed by atoms with van der Waals surface area (Å²) in [5, 5.41) is 3.96. The van der Waals surface area contributed by atoms with E-state index in [4.69, 9.17) is 23.2 Å². The van der Waals surface area contributed by atoms with Crippen LogP contribution in [0.4, 0.5) is 13.2 Å². The molecule has 0 saturated carbocycles. The Labute approximate surface area is 116 Å². The molecule has 0 unspecified atom stereocenters. The second-order valence-corrected chi connectivity index (χ2v) is 4.71. The maximum Gasteiger partial charge on any atom is 0.471 e. The number of alkyl halides is 3. The summed E-state index contributed by atoms with van der Waals surface area (Å²) >= 11 is 12.0. The van der Waals surface area contributed by atoms with Crippen molar-refractivity contribution in [2.24, 2.45) is 0 Å². The molecule has 2 aromatic rings. The van der Waals surface area contributed by atoms with E-state index in [2.05, 4.69) is 14.7 Å². The molecule has 0 aliphatic heterocycles. The van der Waals surface area contributed by atoms with Crippen LogP contribution in [0.1, 0.15) is 22.8 Å². The molecule has 0 aliphatic carbocycles. The van der Waals surface area contributed by atoms with Gasteiger partial charge in [0.25, 0.3) is 0 Å². The summed E-state index contributed by atoms with van der Waals surface area (Å²) in [4.78, 5) is 3.26. The van der Waals surface area contributed by atoms with Crippen LogP contribution in [0.5, 0.6) is 0 Å². The fourth-order valence-electron chi connectivity index (χ4n) is 1.50. The molecule has 0 atom stereocenters. The molecular formula is C11H7Cl2F3N2O. The van der Waals surface area contributed by atoms with Crippen LogP contribution in [0.3, 0.4) is 0 Å². The minimum absolute atomic E-state index is 0.0302. The number of benzene rings is 1. The Bertz CT molecular complexity index is 587. The standard InChI is InChI=1S/C11H7Cl2F3N2O/c1-5-2-7(12)6(8(13)3-5)4-9-17-10(19-18-9)11(14,15)16/h2-3H,4H2,1H3. The van der Waals surface area contributed by atoms with E-state index in [-0.39, 0.29) is 12.2 Å². The zero-order valence-corrected chi connectivity index (χ0v) is 11.1. The van der Waals surface area contributed by atoms with Crippen molar-refractivity contribution in [3.05, 3.63) is 45.0 Å². The van der Waals surface area contributed by atoms with Gasteiger partial charge in [0.2, 0.25) is 0 Å². The highest BCUT2D eigenvalue weighted by Crippen LogP contribution is 2.30. The molecule has 0 fully saturated rings. The molecule has 0 spiro atoms. The molecule has 0 N–H and O–H groups in total. The lowest BCUT2D eigenvalue weighted by atomic mass is 10.1. The predicted octanol–water partition coefficient (Wildman–Crippen LogP) is 4.29. The van der Waals surface area contributed by atoms with Gasteiger partial charge >= 0.3 is 12.1 Å². The Balaban J connectivity index is 2.30. The first kappa shape index (κ1) is 14.1. The molecule has 102 valence electrons. The molecule has 0 bridgehead atoms. The molecule has 0 radical (unpaired) electrons. The van der Waals surface area contributed by atoms with Gasteiger partial charge in [-0.3, -0.25) is 0 Å². The Morgan fingerprint density at radius 3 is 2.26 bits per heavy atom. The molecule has 19 heavy (non-hydrogen) atoms. The van der Waals surface area contributed by atoms with E-state index in [0.29, 0.717) is 15.6 Å². The van der Waals surface area contributed by atoms with E-state index in [1.165, 1.54) is 0 Å². The van der Waals surface area contributed by atoms with E-state index >= 15 is 0 Å². The molecule has 1 heterocycles. The first-order chi connectivity index (χ1) is 8.77. The Morgan fingerprint density at radius 1 is 1.21 bits per heavy atom. The van der Waals surface area contributed by atoms with E-state index in [0.717, 1.165) is 5.56 Å². The summed E-state index contributed by atoms with van der Waals surface area (Å²) in [6.07, 6.45) is -4.69. The Hall–Kier alpha value is -1.27. The number of halogens is 5. The molecule has 3 nitrogen and oxygen atoms in total. The number of aromatic nitrogens is 2. The third-order valence-corrected chi connectivity index (χ3v) is 3.01. The largest absolute Gasteiger partial charge is 0.471 e. The van der Waals surface area contributed by atoms with Crippen LogP contribution in [0.2, 0.25) is 10.0 Å². The van der Waals surface area contributed by atoms with Crippen molar-refractivity contribution in [2.45, 2.75) is 19.5 Å². The molecule has 2 rings (SSSR count). The zero-order chi connectivity index (χ0) is 14.2. The molecule has 1 aromatic heterocycles. The highest BCUT2D eigenvalue weighted by Gasteiger charge is 2.38. The van der Waals surface area contributed by atoms with Gasteiger partial charge in [-0.15, -0.1) is 0 Å². The second kappa shape index (κ2) is 5.02. The van der Waals surface area contributed by atoms with Crippen LogP contribution in [0.15, 0.2) is 16.7 Å². The van der Waals surface area contributed by atoms with Crippen molar-refractivity contribution in [2.75, 3.05) is 0 Å². The van der Waals surface area contributed by atoms with Crippen molar-refractivity contribution >= 4 is 23.2 Å². The van der Waals surface area contributed by atoms with Crippen LogP contribution in [0, 0.1) is 6.92 Å². The van der Waals surface area contributed by atoms with E-state index in [9.17, 15) is 13.2 Å². The first-order valence-corrected chi connectivity index (χ1v) is 5.87. The average Bonchev–Trinajstić information content (AvgIpc) is 2.71. The van der Waals surface area contributed by atoms with Crippen LogP contribution < -0.4 is 0 Å². The van der Waals surface area contributed by atoms with Crippen molar-refractivity contribution in [1.29, 1.82) is 0 Å². The van der Waals surface area contributed by atoms with E-state index < -0.39 is 12.1 Å². The summed E-state index contributed by atoms with van der Waals surface area (Å²) in [6.45, 7) is 1.80. The monoisotopic (exact) mass is 310 g/mol. The summed E-state index contributed by atoms with van der Waals surface area (Å²) < 4.78 is 41.0. The minimum Gasteiger partial charge on any atom is -0.329 e. The number of hydrogen-bond acceptors (Lipinski definition) is 3. The molecule has 8 heteroatoms. The minimum atomic E-state index is -4.66. The van der Waals surface area contributed by atoms with Gasteiger partial charge in [-0.2, -0.15) is 18.2 Å². The average molecular weight is 311 g/mol. The summed E-state index contributed by atoms with van der Waals surface area (Å²) in [5.41, 5.74) is 1.31. The quantitative estimate of drug-likeness (QED) is 0.830. The normalized spacial score (nSPS) is 11.9. The van der Waals surface area contributed by atoms with E-state index in [1.807, 2.05) is 0 Å². The number of hydrogen-bond donors (Lipinski definition) is 0. The third-order valence-electron chi connectivity index (χ3n) is 2.33. The highest BCUT2D eigenvalue weighted by molar-refractivity contribution is 6.36. The van der Waals surface area contributed by atoms with Crippen LogP contribution in [-0.2, 0) is 12.6 Å². The summed E-state index contributed by atoms with van der Waals surface area (Å²) in [7, 11) is 0. The van der Waals surface area contributed by atoms with Crippen molar-refractivity contribution in [3.63, 3.8) is 0 Å². The number of aryl methyl sites for hydroxylation is 1. The summed E-state index contributed by atoms with van der Waals surface area (Å²) in [5.74, 6) is -1.51. The second-order valence-electron chi connectivity index (χ2n) is 3.90. The smallest absolute Gasteiger partial charge is 0.329 e. The molecular weight excluding hydrogens is 304 g/mol. The first-order valence-electron chi connectivity index (χ1n) is 5.11. The topological polar surface area (TPSA) is 38.9 Å². The number of rotatable bonds is 2. The van der Waals surface area contributed by atoms with E-state index in [1.54, 1.807) is 19.1 Å². The van der Waals surface area contributed by atoms with Gasteiger partial charge in [-0.05, 0) is 30.2 Å². The maximum atomic E-state index is 12.3. The summed E-state index contributed by atoms with van der Waals surface area (Å²) in [6, 6.07) is 3.32. The highest BCUT2D eigenvalue weighted by atomic mass is 35.5. The predicted molar refractivity (Wildman–Crippen MR) is 63.3 cm³/mol. The van der Waals surface area contributed by atoms with Crippen LogP contribution in [0.25, 0.3) is 0 Å². The fourth-order valence-corrected chi connectivity index (χ4v) is 2.23. The van der Waals surface area contributed by atoms with Gasteiger partial charge < -0.3 is 4.52 Å². The van der Waals surface area contributed by atoms with Gasteiger partial charge in [0.05, 0.1) is 0 Å².